The van der Waals surface area contributed by atoms with Crippen LogP contribution in [0.1, 0.15) is 21.7 Å². The number of aromatic amines is 1. The Morgan fingerprint density at radius 2 is 1.77 bits per heavy atom. The molecule has 0 aliphatic carbocycles. The number of hydrogen-bond acceptors (Lipinski definition) is 5. The Hall–Kier alpha value is -2.74. The lowest BCUT2D eigenvalue weighted by Crippen LogP contribution is -2.56. The van der Waals surface area contributed by atoms with E-state index in [0.717, 1.165) is 13.0 Å². The van der Waals surface area contributed by atoms with Gasteiger partial charge in [-0.15, -0.1) is 0 Å². The average molecular weight is 354 g/mol. The van der Waals surface area contributed by atoms with Crippen molar-refractivity contribution >= 4 is 11.8 Å². The zero-order valence-electron chi connectivity index (χ0n) is 14.8. The maximum Gasteiger partial charge on any atom is 0.291 e. The highest BCUT2D eigenvalue weighted by Gasteiger charge is 2.34. The first kappa shape index (κ1) is 16.7. The Morgan fingerprint density at radius 3 is 2.46 bits per heavy atom. The SMILES string of the molecule is CN1Cc2ccccc2C[C@@H]1C(=O)N1CCN(C(=O)c2ncn[nH]2)CC1. The van der Waals surface area contributed by atoms with Gasteiger partial charge in [-0.25, -0.2) is 4.98 Å². The van der Waals surface area contributed by atoms with Crippen molar-refractivity contribution < 1.29 is 9.59 Å². The van der Waals surface area contributed by atoms with Crippen LogP contribution in [0.2, 0.25) is 0 Å². The van der Waals surface area contributed by atoms with Crippen molar-refractivity contribution in [2.75, 3.05) is 33.2 Å². The molecule has 136 valence electrons. The number of nitrogens with zero attached hydrogens (tertiary/aromatic N) is 5. The standard InChI is InChI=1S/C18H22N6O2/c1-22-11-14-5-3-2-4-13(14)10-15(22)17(25)23-6-8-24(9-7-23)18(26)16-19-12-20-21-16/h2-5,12,15H,6-11H2,1H3,(H,19,20,21)/t15-/m1/s1. The molecule has 0 radical (unpaired) electrons. The third kappa shape index (κ3) is 3.08. The number of likely N-dealkylation sites (N-methyl/N-ethyl adjacent to an activating group) is 1. The van der Waals surface area contributed by atoms with E-state index < -0.39 is 0 Å². The molecule has 1 aromatic heterocycles. The van der Waals surface area contributed by atoms with Crippen molar-refractivity contribution in [3.63, 3.8) is 0 Å². The number of piperazine rings is 1. The number of aromatic nitrogens is 3. The van der Waals surface area contributed by atoms with Gasteiger partial charge in [-0.3, -0.25) is 19.6 Å². The van der Waals surface area contributed by atoms with Crippen LogP contribution in [-0.2, 0) is 17.8 Å². The maximum absolute atomic E-state index is 13.0. The molecule has 0 bridgehead atoms. The van der Waals surface area contributed by atoms with Gasteiger partial charge in [-0.2, -0.15) is 5.10 Å². The smallest absolute Gasteiger partial charge is 0.291 e. The van der Waals surface area contributed by atoms with Gasteiger partial charge in [0.1, 0.15) is 6.33 Å². The molecule has 1 N–H and O–H groups in total. The molecule has 1 aromatic carbocycles. The molecule has 2 aliphatic rings. The second kappa shape index (κ2) is 6.87. The predicted molar refractivity (Wildman–Crippen MR) is 94.3 cm³/mol. The number of rotatable bonds is 2. The Labute approximate surface area is 151 Å². The van der Waals surface area contributed by atoms with Gasteiger partial charge in [0.25, 0.3) is 5.91 Å². The van der Waals surface area contributed by atoms with Gasteiger partial charge in [-0.05, 0) is 24.6 Å². The van der Waals surface area contributed by atoms with Crippen molar-refractivity contribution in [3.05, 3.63) is 47.5 Å². The number of carbonyl (C=O) groups is 2. The van der Waals surface area contributed by atoms with Crippen molar-refractivity contribution in [2.24, 2.45) is 0 Å². The van der Waals surface area contributed by atoms with Gasteiger partial charge in [0.15, 0.2) is 0 Å². The second-order valence-corrected chi connectivity index (χ2v) is 6.86. The normalized spacial score (nSPS) is 20.7. The zero-order chi connectivity index (χ0) is 18.1. The monoisotopic (exact) mass is 354 g/mol. The number of H-pyrrole nitrogens is 1. The summed E-state index contributed by atoms with van der Waals surface area (Å²) >= 11 is 0. The number of fused-ring (bicyclic) bond motifs is 1. The van der Waals surface area contributed by atoms with Crippen LogP contribution in [0.5, 0.6) is 0 Å². The fourth-order valence-electron chi connectivity index (χ4n) is 3.73. The highest BCUT2D eigenvalue weighted by molar-refractivity contribution is 5.90. The third-order valence-electron chi connectivity index (χ3n) is 5.26. The van der Waals surface area contributed by atoms with Gasteiger partial charge in [0.05, 0.1) is 6.04 Å². The molecule has 2 aliphatic heterocycles. The quantitative estimate of drug-likeness (QED) is 0.830. The lowest BCUT2D eigenvalue weighted by Gasteiger charge is -2.40. The fraction of sp³-hybridized carbons (Fsp3) is 0.444. The first-order valence-electron chi connectivity index (χ1n) is 8.84. The van der Waals surface area contributed by atoms with Crippen LogP contribution in [0, 0.1) is 0 Å². The van der Waals surface area contributed by atoms with Gasteiger partial charge in [0, 0.05) is 32.7 Å². The Balaban J connectivity index is 1.39. The van der Waals surface area contributed by atoms with Crippen molar-refractivity contribution in [3.8, 4) is 0 Å². The molecule has 0 unspecified atom stereocenters. The largest absolute Gasteiger partial charge is 0.338 e. The molecule has 8 nitrogen and oxygen atoms in total. The lowest BCUT2D eigenvalue weighted by molar-refractivity contribution is -0.138. The van der Waals surface area contributed by atoms with E-state index in [0.29, 0.717) is 26.2 Å². The van der Waals surface area contributed by atoms with Gasteiger partial charge in [-0.1, -0.05) is 24.3 Å². The van der Waals surface area contributed by atoms with Gasteiger partial charge < -0.3 is 9.80 Å². The topological polar surface area (TPSA) is 85.4 Å². The molecule has 0 spiro atoms. The number of hydrogen-bond donors (Lipinski definition) is 1. The zero-order valence-corrected chi connectivity index (χ0v) is 14.8. The van der Waals surface area contributed by atoms with Gasteiger partial charge >= 0.3 is 0 Å². The van der Waals surface area contributed by atoms with Crippen LogP contribution in [-0.4, -0.2) is 81.0 Å². The summed E-state index contributed by atoms with van der Waals surface area (Å²) in [7, 11) is 2.00. The van der Waals surface area contributed by atoms with Crippen LogP contribution in [0.3, 0.4) is 0 Å². The van der Waals surface area contributed by atoms with Crippen LogP contribution in [0.4, 0.5) is 0 Å². The minimum atomic E-state index is -0.168. The summed E-state index contributed by atoms with van der Waals surface area (Å²) in [5, 5.41) is 6.31. The molecule has 4 rings (SSSR count). The second-order valence-electron chi connectivity index (χ2n) is 6.86. The maximum atomic E-state index is 13.0. The predicted octanol–water partition coefficient (Wildman–Crippen LogP) is 0.146. The molecular formula is C18H22N6O2. The molecule has 0 saturated carbocycles. The van der Waals surface area contributed by atoms with E-state index >= 15 is 0 Å². The molecule has 2 amide bonds. The van der Waals surface area contributed by atoms with Gasteiger partial charge in [0.2, 0.25) is 11.7 Å². The van der Waals surface area contributed by atoms with Crippen LogP contribution in [0.25, 0.3) is 0 Å². The van der Waals surface area contributed by atoms with Crippen molar-refractivity contribution in [1.82, 2.24) is 29.9 Å². The fourth-order valence-corrected chi connectivity index (χ4v) is 3.73. The number of amides is 2. The highest BCUT2D eigenvalue weighted by Crippen LogP contribution is 2.23. The summed E-state index contributed by atoms with van der Waals surface area (Å²) in [6.45, 7) is 2.91. The summed E-state index contributed by atoms with van der Waals surface area (Å²) in [6.07, 6.45) is 2.06. The summed E-state index contributed by atoms with van der Waals surface area (Å²) in [6, 6.07) is 8.16. The summed E-state index contributed by atoms with van der Waals surface area (Å²) in [4.78, 5) is 35.0. The lowest BCUT2D eigenvalue weighted by atomic mass is 9.93. The summed E-state index contributed by atoms with van der Waals surface area (Å²) in [5.41, 5.74) is 2.55. The summed E-state index contributed by atoms with van der Waals surface area (Å²) < 4.78 is 0. The van der Waals surface area contributed by atoms with Crippen molar-refractivity contribution in [1.29, 1.82) is 0 Å². The first-order valence-corrected chi connectivity index (χ1v) is 8.84. The molecular weight excluding hydrogens is 332 g/mol. The van der Waals surface area contributed by atoms with E-state index in [4.69, 9.17) is 0 Å². The molecule has 1 fully saturated rings. The van der Waals surface area contributed by atoms with E-state index in [1.807, 2.05) is 24.1 Å². The van der Waals surface area contributed by atoms with E-state index in [1.165, 1.54) is 17.5 Å². The molecule has 3 heterocycles. The Kier molecular flexibility index (Phi) is 4.42. The van der Waals surface area contributed by atoms with E-state index in [9.17, 15) is 9.59 Å². The van der Waals surface area contributed by atoms with Crippen LogP contribution in [0.15, 0.2) is 30.6 Å². The number of benzene rings is 1. The number of carbonyl (C=O) groups excluding carboxylic acids is 2. The Bertz CT molecular complexity index is 798. The number of nitrogens with one attached hydrogen (secondary N) is 1. The average Bonchev–Trinajstić information content (AvgIpc) is 3.21. The first-order chi connectivity index (χ1) is 12.6. The molecule has 8 heteroatoms. The minimum absolute atomic E-state index is 0.138. The van der Waals surface area contributed by atoms with Crippen LogP contribution >= 0.6 is 0 Å². The van der Waals surface area contributed by atoms with E-state index in [2.05, 4.69) is 32.2 Å². The van der Waals surface area contributed by atoms with Crippen LogP contribution < -0.4 is 0 Å². The molecule has 2 aromatic rings. The third-order valence-corrected chi connectivity index (χ3v) is 5.26. The van der Waals surface area contributed by atoms with E-state index in [1.54, 1.807) is 4.90 Å². The minimum Gasteiger partial charge on any atom is -0.338 e. The summed E-state index contributed by atoms with van der Waals surface area (Å²) in [5.74, 6) is 0.223. The molecule has 26 heavy (non-hydrogen) atoms. The molecule has 1 saturated heterocycles. The Morgan fingerprint density at radius 1 is 1.08 bits per heavy atom. The van der Waals surface area contributed by atoms with Crippen molar-refractivity contribution in [2.45, 2.75) is 19.0 Å². The molecule has 1 atom stereocenters. The highest BCUT2D eigenvalue weighted by atomic mass is 16.2. The van der Waals surface area contributed by atoms with E-state index in [-0.39, 0.29) is 23.7 Å².